The van der Waals surface area contributed by atoms with Gasteiger partial charge in [0.1, 0.15) is 5.41 Å². The molecule has 0 spiro atoms. The van der Waals surface area contributed by atoms with Crippen molar-refractivity contribution in [3.8, 4) is 0 Å². The molecule has 1 aliphatic carbocycles. The summed E-state index contributed by atoms with van der Waals surface area (Å²) in [4.78, 5) is 38.0. The summed E-state index contributed by atoms with van der Waals surface area (Å²) in [5.41, 5.74) is 2.21. The van der Waals surface area contributed by atoms with Crippen LogP contribution in [0.2, 0.25) is 0 Å². The Kier molecular flexibility index (Phi) is 5.73. The first-order valence-electron chi connectivity index (χ1n) is 9.70. The van der Waals surface area contributed by atoms with Crippen LogP contribution in [0.15, 0.2) is 42.5 Å². The third-order valence-corrected chi connectivity index (χ3v) is 5.37. The molecule has 29 heavy (non-hydrogen) atoms. The standard InChI is InChI=1S/C23H26N2O4/c1-14(2)16-10-7-8-15(3)19(16)25-22(28)23(12-13-23)21(27)24-18-11-6-5-9-17(18)20(26)29-4/h5-11,14H,12-13H2,1-4H3,(H,24,27)(H,25,28). The minimum absolute atomic E-state index is 0.237. The molecule has 0 bridgehead atoms. The maximum Gasteiger partial charge on any atom is 0.339 e. The van der Waals surface area contributed by atoms with E-state index in [1.54, 1.807) is 24.3 Å². The zero-order valence-electron chi connectivity index (χ0n) is 17.2. The molecule has 3 rings (SSSR count). The van der Waals surface area contributed by atoms with E-state index in [2.05, 4.69) is 24.5 Å². The first-order chi connectivity index (χ1) is 13.8. The van der Waals surface area contributed by atoms with Crippen molar-refractivity contribution in [2.45, 2.75) is 39.5 Å². The Morgan fingerprint density at radius 1 is 0.966 bits per heavy atom. The van der Waals surface area contributed by atoms with Crippen molar-refractivity contribution in [1.29, 1.82) is 0 Å². The van der Waals surface area contributed by atoms with Crippen molar-refractivity contribution in [3.05, 3.63) is 59.2 Å². The number of benzene rings is 2. The van der Waals surface area contributed by atoms with Crippen molar-refractivity contribution >= 4 is 29.2 Å². The Balaban J connectivity index is 1.82. The number of anilines is 2. The summed E-state index contributed by atoms with van der Waals surface area (Å²) >= 11 is 0. The van der Waals surface area contributed by atoms with Gasteiger partial charge in [0, 0.05) is 5.69 Å². The molecule has 1 fully saturated rings. The first-order valence-corrected chi connectivity index (χ1v) is 9.70. The minimum Gasteiger partial charge on any atom is -0.465 e. The van der Waals surface area contributed by atoms with Crippen molar-refractivity contribution in [3.63, 3.8) is 0 Å². The van der Waals surface area contributed by atoms with Gasteiger partial charge in [-0.05, 0) is 48.9 Å². The van der Waals surface area contributed by atoms with Crippen LogP contribution in [-0.4, -0.2) is 24.9 Å². The summed E-state index contributed by atoms with van der Waals surface area (Å²) in [5.74, 6) is -1.04. The van der Waals surface area contributed by atoms with Crippen LogP contribution < -0.4 is 10.6 Å². The number of nitrogens with one attached hydrogen (secondary N) is 2. The fraction of sp³-hybridized carbons (Fsp3) is 0.348. The molecule has 0 aliphatic heterocycles. The van der Waals surface area contributed by atoms with Gasteiger partial charge in [-0.2, -0.15) is 0 Å². The highest BCUT2D eigenvalue weighted by molar-refractivity contribution is 6.18. The second-order valence-corrected chi connectivity index (χ2v) is 7.72. The summed E-state index contributed by atoms with van der Waals surface area (Å²) in [6, 6.07) is 12.5. The Bertz CT molecular complexity index is 961. The molecule has 6 heteroatoms. The number of amides is 2. The second kappa shape index (κ2) is 8.07. The van der Waals surface area contributed by atoms with Crippen molar-refractivity contribution in [2.24, 2.45) is 5.41 Å². The monoisotopic (exact) mass is 394 g/mol. The Hall–Kier alpha value is -3.15. The normalized spacial score (nSPS) is 14.2. The molecule has 0 saturated heterocycles. The number of aryl methyl sites for hydroxylation is 1. The third kappa shape index (κ3) is 4.01. The molecule has 0 atom stereocenters. The minimum atomic E-state index is -1.13. The maximum absolute atomic E-state index is 13.1. The van der Waals surface area contributed by atoms with Gasteiger partial charge in [0.25, 0.3) is 0 Å². The van der Waals surface area contributed by atoms with Gasteiger partial charge in [-0.15, -0.1) is 0 Å². The number of esters is 1. The van der Waals surface area contributed by atoms with Crippen LogP contribution >= 0.6 is 0 Å². The molecule has 1 saturated carbocycles. The van der Waals surface area contributed by atoms with E-state index >= 15 is 0 Å². The van der Waals surface area contributed by atoms with Crippen LogP contribution in [0.1, 0.15) is 54.1 Å². The van der Waals surface area contributed by atoms with E-state index < -0.39 is 17.3 Å². The summed E-state index contributed by atoms with van der Waals surface area (Å²) in [7, 11) is 1.28. The van der Waals surface area contributed by atoms with Crippen molar-refractivity contribution in [2.75, 3.05) is 17.7 Å². The number of ether oxygens (including phenoxy) is 1. The lowest BCUT2D eigenvalue weighted by Crippen LogP contribution is -2.36. The second-order valence-electron chi connectivity index (χ2n) is 7.72. The number of para-hydroxylation sites is 2. The zero-order chi connectivity index (χ0) is 21.2. The fourth-order valence-corrected chi connectivity index (χ4v) is 3.38. The summed E-state index contributed by atoms with van der Waals surface area (Å²) in [6.45, 7) is 6.06. The van der Waals surface area contributed by atoms with E-state index in [1.165, 1.54) is 7.11 Å². The molecule has 2 aromatic rings. The molecular weight excluding hydrogens is 368 g/mol. The largest absolute Gasteiger partial charge is 0.465 e. The quantitative estimate of drug-likeness (QED) is 0.566. The predicted octanol–water partition coefficient (Wildman–Crippen LogP) is 4.26. The van der Waals surface area contributed by atoms with E-state index in [0.717, 1.165) is 16.8 Å². The molecule has 2 aromatic carbocycles. The van der Waals surface area contributed by atoms with Crippen molar-refractivity contribution in [1.82, 2.24) is 0 Å². The predicted molar refractivity (Wildman–Crippen MR) is 112 cm³/mol. The van der Waals surface area contributed by atoms with Gasteiger partial charge in [-0.3, -0.25) is 9.59 Å². The van der Waals surface area contributed by atoms with Gasteiger partial charge >= 0.3 is 5.97 Å². The van der Waals surface area contributed by atoms with E-state index in [4.69, 9.17) is 4.74 Å². The lowest BCUT2D eigenvalue weighted by atomic mass is 9.97. The van der Waals surface area contributed by atoms with Crippen LogP contribution in [0.4, 0.5) is 11.4 Å². The highest BCUT2D eigenvalue weighted by Crippen LogP contribution is 2.48. The number of carbonyl (C=O) groups excluding carboxylic acids is 3. The maximum atomic E-state index is 13.1. The Morgan fingerprint density at radius 2 is 1.62 bits per heavy atom. The van der Waals surface area contributed by atoms with Crippen molar-refractivity contribution < 1.29 is 19.1 Å². The number of rotatable bonds is 6. The molecule has 1 aliphatic rings. The molecule has 0 radical (unpaired) electrons. The van der Waals surface area contributed by atoms with E-state index in [0.29, 0.717) is 18.5 Å². The van der Waals surface area contributed by atoms with Gasteiger partial charge < -0.3 is 15.4 Å². The van der Waals surface area contributed by atoms with E-state index in [9.17, 15) is 14.4 Å². The fourth-order valence-electron chi connectivity index (χ4n) is 3.38. The number of hydrogen-bond acceptors (Lipinski definition) is 4. The Labute approximate surface area is 170 Å². The van der Waals surface area contributed by atoms with Crippen LogP contribution in [0, 0.1) is 12.3 Å². The van der Waals surface area contributed by atoms with E-state index in [-0.39, 0.29) is 17.4 Å². The smallest absolute Gasteiger partial charge is 0.339 e. The van der Waals surface area contributed by atoms with Gasteiger partial charge in [0.2, 0.25) is 11.8 Å². The lowest BCUT2D eigenvalue weighted by Gasteiger charge is -2.20. The molecule has 2 N–H and O–H groups in total. The molecule has 152 valence electrons. The molecule has 6 nitrogen and oxygen atoms in total. The van der Waals surface area contributed by atoms with Crippen LogP contribution in [0.25, 0.3) is 0 Å². The van der Waals surface area contributed by atoms with Crippen LogP contribution in [0.5, 0.6) is 0 Å². The highest BCUT2D eigenvalue weighted by atomic mass is 16.5. The Morgan fingerprint density at radius 3 is 2.24 bits per heavy atom. The molecule has 0 unspecified atom stereocenters. The zero-order valence-corrected chi connectivity index (χ0v) is 17.2. The summed E-state index contributed by atoms with van der Waals surface area (Å²) in [6.07, 6.45) is 0.932. The number of carbonyl (C=O) groups is 3. The van der Waals surface area contributed by atoms with Crippen LogP contribution in [0.3, 0.4) is 0 Å². The molecular formula is C23H26N2O4. The topological polar surface area (TPSA) is 84.5 Å². The van der Waals surface area contributed by atoms with Gasteiger partial charge in [0.05, 0.1) is 18.4 Å². The van der Waals surface area contributed by atoms with Gasteiger partial charge in [-0.25, -0.2) is 4.79 Å². The average Bonchev–Trinajstić information content (AvgIpc) is 3.51. The lowest BCUT2D eigenvalue weighted by molar-refractivity contribution is -0.131. The number of methoxy groups -OCH3 is 1. The van der Waals surface area contributed by atoms with Gasteiger partial charge in [0.15, 0.2) is 0 Å². The first kappa shape index (κ1) is 20.6. The average molecular weight is 394 g/mol. The SMILES string of the molecule is COC(=O)c1ccccc1NC(=O)C1(C(=O)Nc2c(C)cccc2C(C)C)CC1. The molecule has 0 heterocycles. The van der Waals surface area contributed by atoms with E-state index in [1.807, 2.05) is 25.1 Å². The van der Waals surface area contributed by atoms with Crippen LogP contribution in [-0.2, 0) is 14.3 Å². The summed E-state index contributed by atoms with van der Waals surface area (Å²) < 4.78 is 4.77. The molecule has 0 aromatic heterocycles. The van der Waals surface area contributed by atoms with Gasteiger partial charge in [-0.1, -0.05) is 44.2 Å². The highest BCUT2D eigenvalue weighted by Gasteiger charge is 2.56. The number of hydrogen-bond donors (Lipinski definition) is 2. The third-order valence-electron chi connectivity index (χ3n) is 5.37. The summed E-state index contributed by atoms with van der Waals surface area (Å²) in [5, 5.41) is 5.73. The molecule has 2 amide bonds.